The highest BCUT2D eigenvalue weighted by atomic mass is 32.1. The number of alkyl halides is 3. The maximum absolute atomic E-state index is 13.4. The van der Waals surface area contributed by atoms with E-state index in [1.165, 1.54) is 17.4 Å². The average molecular weight is 318 g/mol. The molecule has 0 amide bonds. The summed E-state index contributed by atoms with van der Waals surface area (Å²) in [5.74, 6) is -1.26. The van der Waals surface area contributed by atoms with Gasteiger partial charge >= 0.3 is 6.18 Å². The first kappa shape index (κ1) is 15.9. The van der Waals surface area contributed by atoms with Crippen LogP contribution < -0.4 is 5.32 Å². The van der Waals surface area contributed by atoms with Gasteiger partial charge in [0.05, 0.1) is 22.8 Å². The van der Waals surface area contributed by atoms with Gasteiger partial charge in [-0.25, -0.2) is 9.37 Å². The van der Waals surface area contributed by atoms with Gasteiger partial charge in [0.2, 0.25) is 0 Å². The lowest BCUT2D eigenvalue weighted by Crippen LogP contribution is -2.22. The molecule has 0 bridgehead atoms. The third-order valence-electron chi connectivity index (χ3n) is 3.08. The molecule has 1 heterocycles. The van der Waals surface area contributed by atoms with Gasteiger partial charge < -0.3 is 5.32 Å². The van der Waals surface area contributed by atoms with Crippen LogP contribution >= 0.6 is 11.3 Å². The van der Waals surface area contributed by atoms with Crippen molar-refractivity contribution < 1.29 is 17.6 Å². The summed E-state index contributed by atoms with van der Waals surface area (Å²) in [5.41, 5.74) is 1.52. The number of thiazole rings is 1. The molecule has 2 aromatic rings. The Bertz CT molecular complexity index is 622. The van der Waals surface area contributed by atoms with Crippen molar-refractivity contribution in [2.24, 2.45) is 0 Å². The van der Waals surface area contributed by atoms with Gasteiger partial charge in [-0.1, -0.05) is 13.0 Å². The highest BCUT2D eigenvalue weighted by Crippen LogP contribution is 2.35. The van der Waals surface area contributed by atoms with Crippen LogP contribution in [0.25, 0.3) is 0 Å². The second-order valence-electron chi connectivity index (χ2n) is 4.53. The Morgan fingerprint density at radius 2 is 2.05 bits per heavy atom. The van der Waals surface area contributed by atoms with Gasteiger partial charge in [-0.05, 0) is 31.2 Å². The molecule has 1 aromatic heterocycles. The number of aromatic nitrogens is 1. The number of nitrogens with one attached hydrogen (secondary N) is 1. The first-order valence-corrected chi connectivity index (χ1v) is 7.22. The maximum atomic E-state index is 13.4. The molecule has 2 rings (SSSR count). The third-order valence-corrected chi connectivity index (χ3v) is 4.08. The molecule has 0 aliphatic rings. The quantitative estimate of drug-likeness (QED) is 0.850. The molecule has 0 fully saturated rings. The third kappa shape index (κ3) is 3.41. The van der Waals surface area contributed by atoms with Crippen molar-refractivity contribution >= 4 is 11.3 Å². The monoisotopic (exact) mass is 318 g/mol. The lowest BCUT2D eigenvalue weighted by atomic mass is 10.0. The second kappa shape index (κ2) is 6.11. The zero-order valence-corrected chi connectivity index (χ0v) is 12.3. The number of aryl methyl sites for hydroxylation is 1. The van der Waals surface area contributed by atoms with Crippen molar-refractivity contribution in [3.8, 4) is 0 Å². The van der Waals surface area contributed by atoms with E-state index in [1.807, 2.05) is 6.92 Å². The smallest absolute Gasteiger partial charge is 0.306 e. The molecule has 2 nitrogen and oxygen atoms in total. The molecular formula is C14H14F4N2S. The number of hydrogen-bond donors (Lipinski definition) is 1. The Hall–Kier alpha value is -1.47. The normalized spacial score (nSPS) is 13.4. The first-order valence-electron chi connectivity index (χ1n) is 6.34. The average Bonchev–Trinajstić information content (AvgIpc) is 2.82. The highest BCUT2D eigenvalue weighted by molar-refractivity contribution is 7.09. The molecule has 114 valence electrons. The highest BCUT2D eigenvalue weighted by Gasteiger charge is 2.35. The fraction of sp³-hybridized carbons (Fsp3) is 0.357. The summed E-state index contributed by atoms with van der Waals surface area (Å²) in [6.45, 7) is 4.22. The Kier molecular flexibility index (Phi) is 4.63. The van der Waals surface area contributed by atoms with E-state index in [0.717, 1.165) is 22.7 Å². The van der Waals surface area contributed by atoms with E-state index in [1.54, 1.807) is 12.4 Å². The summed E-state index contributed by atoms with van der Waals surface area (Å²) in [6.07, 6.45) is -4.71. The summed E-state index contributed by atoms with van der Waals surface area (Å²) < 4.78 is 51.9. The molecule has 0 saturated heterocycles. The summed E-state index contributed by atoms with van der Waals surface area (Å²) >= 11 is 1.36. The van der Waals surface area contributed by atoms with E-state index < -0.39 is 23.6 Å². The zero-order valence-electron chi connectivity index (χ0n) is 11.5. The molecule has 0 radical (unpaired) electrons. The van der Waals surface area contributed by atoms with Crippen LogP contribution in [0.15, 0.2) is 23.7 Å². The number of hydrogen-bond acceptors (Lipinski definition) is 3. The van der Waals surface area contributed by atoms with E-state index in [4.69, 9.17) is 0 Å². The van der Waals surface area contributed by atoms with E-state index in [0.29, 0.717) is 12.1 Å². The molecule has 0 aliphatic heterocycles. The van der Waals surface area contributed by atoms with Gasteiger partial charge in [-0.3, -0.25) is 0 Å². The fourth-order valence-corrected chi connectivity index (χ4v) is 3.00. The van der Waals surface area contributed by atoms with Gasteiger partial charge in [0.25, 0.3) is 0 Å². The molecular weight excluding hydrogens is 304 g/mol. The number of halogens is 4. The van der Waals surface area contributed by atoms with E-state index in [9.17, 15) is 17.6 Å². The minimum atomic E-state index is -4.71. The van der Waals surface area contributed by atoms with Crippen molar-refractivity contribution in [3.63, 3.8) is 0 Å². The Morgan fingerprint density at radius 1 is 1.33 bits per heavy atom. The number of benzene rings is 1. The molecule has 0 spiro atoms. The van der Waals surface area contributed by atoms with Crippen LogP contribution in [-0.2, 0) is 6.18 Å². The number of nitrogens with zero attached hydrogens (tertiary/aromatic N) is 1. The molecule has 1 unspecified atom stereocenters. The van der Waals surface area contributed by atoms with Gasteiger partial charge in [-0.15, -0.1) is 11.3 Å². The van der Waals surface area contributed by atoms with Crippen LogP contribution in [0.5, 0.6) is 0 Å². The summed E-state index contributed by atoms with van der Waals surface area (Å²) in [4.78, 5) is 4.95. The zero-order chi connectivity index (χ0) is 15.6. The largest absolute Gasteiger partial charge is 0.419 e. The molecule has 1 N–H and O–H groups in total. The van der Waals surface area contributed by atoms with E-state index in [2.05, 4.69) is 10.3 Å². The van der Waals surface area contributed by atoms with Gasteiger partial charge in [0, 0.05) is 4.88 Å². The molecule has 0 aliphatic carbocycles. The maximum Gasteiger partial charge on any atom is 0.419 e. The molecule has 1 aromatic carbocycles. The Balaban J connectivity index is 2.49. The van der Waals surface area contributed by atoms with Gasteiger partial charge in [0.15, 0.2) is 0 Å². The molecule has 7 heteroatoms. The van der Waals surface area contributed by atoms with Gasteiger partial charge in [-0.2, -0.15) is 13.2 Å². The predicted octanol–water partition coefficient (Wildman–Crippen LogP) is 4.31. The van der Waals surface area contributed by atoms with Crippen LogP contribution in [-0.4, -0.2) is 11.5 Å². The molecule has 21 heavy (non-hydrogen) atoms. The van der Waals surface area contributed by atoms with Crippen molar-refractivity contribution in [2.75, 3.05) is 6.54 Å². The van der Waals surface area contributed by atoms with Crippen molar-refractivity contribution in [2.45, 2.75) is 26.1 Å². The van der Waals surface area contributed by atoms with Crippen LogP contribution in [0.1, 0.15) is 34.7 Å². The van der Waals surface area contributed by atoms with Crippen LogP contribution in [0, 0.1) is 12.7 Å². The van der Waals surface area contributed by atoms with Crippen LogP contribution in [0.3, 0.4) is 0 Å². The standard InChI is InChI=1S/C14H14F4N2S/c1-3-19-12(13-8(2)20-7-21-13)9-4-5-11(15)10(6-9)14(16,17)18/h4-7,12,19H,3H2,1-2H3. The van der Waals surface area contributed by atoms with Crippen molar-refractivity contribution in [3.05, 3.63) is 51.2 Å². The van der Waals surface area contributed by atoms with Gasteiger partial charge in [0.1, 0.15) is 5.82 Å². The first-order chi connectivity index (χ1) is 9.84. The van der Waals surface area contributed by atoms with E-state index in [-0.39, 0.29) is 0 Å². The SMILES string of the molecule is CCNC(c1ccc(F)c(C(F)(F)F)c1)c1scnc1C. The van der Waals surface area contributed by atoms with Crippen LogP contribution in [0.4, 0.5) is 17.6 Å². The topological polar surface area (TPSA) is 24.9 Å². The summed E-state index contributed by atoms with van der Waals surface area (Å²) in [5, 5.41) is 3.12. The lowest BCUT2D eigenvalue weighted by molar-refractivity contribution is -0.140. The second-order valence-corrected chi connectivity index (χ2v) is 5.42. The lowest BCUT2D eigenvalue weighted by Gasteiger charge is -2.19. The van der Waals surface area contributed by atoms with Crippen molar-refractivity contribution in [1.29, 1.82) is 0 Å². The summed E-state index contributed by atoms with van der Waals surface area (Å²) in [6, 6.07) is 2.67. The van der Waals surface area contributed by atoms with Crippen molar-refractivity contribution in [1.82, 2.24) is 10.3 Å². The van der Waals surface area contributed by atoms with Crippen LogP contribution in [0.2, 0.25) is 0 Å². The number of rotatable bonds is 4. The Morgan fingerprint density at radius 3 is 2.57 bits per heavy atom. The Labute approximate surface area is 123 Å². The predicted molar refractivity (Wildman–Crippen MR) is 73.8 cm³/mol. The minimum Gasteiger partial charge on any atom is -0.306 e. The molecule has 0 saturated carbocycles. The summed E-state index contributed by atoms with van der Waals surface area (Å²) in [7, 11) is 0. The fourth-order valence-electron chi connectivity index (χ4n) is 2.09. The molecule has 1 atom stereocenters. The van der Waals surface area contributed by atoms with E-state index >= 15 is 0 Å². The minimum absolute atomic E-state index is 0.373.